The molecule has 1 aliphatic heterocycles. The first-order chi connectivity index (χ1) is 10.4. The minimum atomic E-state index is 0.470. The van der Waals surface area contributed by atoms with E-state index in [1.54, 1.807) is 6.33 Å². The number of hydrogen-bond donors (Lipinski definition) is 3. The predicted octanol–water partition coefficient (Wildman–Crippen LogP) is 1.90. The first-order valence-corrected chi connectivity index (χ1v) is 7.47. The van der Waals surface area contributed by atoms with Gasteiger partial charge in [0.2, 0.25) is 0 Å². The van der Waals surface area contributed by atoms with Crippen molar-refractivity contribution < 1.29 is 0 Å². The molecule has 1 aromatic heterocycles. The summed E-state index contributed by atoms with van der Waals surface area (Å²) in [5.74, 6) is 1.76. The molecule has 0 unspecified atom stereocenters. The molecule has 0 amide bonds. The van der Waals surface area contributed by atoms with Gasteiger partial charge in [-0.1, -0.05) is 30.3 Å². The molecule has 0 bridgehead atoms. The highest BCUT2D eigenvalue weighted by Gasteiger charge is 2.14. The summed E-state index contributed by atoms with van der Waals surface area (Å²) in [6.07, 6.45) is 3.73. The molecular formula is C16H21N5. The molecule has 1 aliphatic rings. The third-order valence-corrected chi connectivity index (χ3v) is 3.64. The van der Waals surface area contributed by atoms with Gasteiger partial charge < -0.3 is 16.0 Å². The van der Waals surface area contributed by atoms with Crippen LogP contribution in [0.1, 0.15) is 12.0 Å². The Bertz CT molecular complexity index is 552. The van der Waals surface area contributed by atoms with Gasteiger partial charge in [-0.05, 0) is 24.9 Å². The molecule has 2 aromatic rings. The lowest BCUT2D eigenvalue weighted by molar-refractivity contribution is 0.787. The predicted molar refractivity (Wildman–Crippen MR) is 85.6 cm³/mol. The van der Waals surface area contributed by atoms with Crippen LogP contribution in [0.3, 0.4) is 0 Å². The van der Waals surface area contributed by atoms with Crippen LogP contribution < -0.4 is 16.0 Å². The highest BCUT2D eigenvalue weighted by Crippen LogP contribution is 2.12. The van der Waals surface area contributed by atoms with E-state index in [0.29, 0.717) is 6.04 Å². The maximum Gasteiger partial charge on any atom is 0.131 e. The number of benzene rings is 1. The number of hydrogen-bond acceptors (Lipinski definition) is 5. The van der Waals surface area contributed by atoms with E-state index in [9.17, 15) is 0 Å². The third-order valence-electron chi connectivity index (χ3n) is 3.64. The summed E-state index contributed by atoms with van der Waals surface area (Å²) in [6.45, 7) is 2.94. The summed E-state index contributed by atoms with van der Waals surface area (Å²) < 4.78 is 0. The van der Waals surface area contributed by atoms with Crippen LogP contribution in [0.15, 0.2) is 42.7 Å². The molecule has 2 heterocycles. The number of rotatable bonds is 6. The lowest BCUT2D eigenvalue weighted by Crippen LogP contribution is -2.22. The largest absolute Gasteiger partial charge is 0.370 e. The van der Waals surface area contributed by atoms with E-state index in [-0.39, 0.29) is 0 Å². The fourth-order valence-electron chi connectivity index (χ4n) is 2.50. The molecular weight excluding hydrogens is 262 g/mol. The van der Waals surface area contributed by atoms with Crippen LogP contribution in [-0.4, -0.2) is 35.6 Å². The van der Waals surface area contributed by atoms with Crippen molar-refractivity contribution in [3.05, 3.63) is 48.3 Å². The van der Waals surface area contributed by atoms with Crippen molar-refractivity contribution in [3.63, 3.8) is 0 Å². The van der Waals surface area contributed by atoms with Gasteiger partial charge in [-0.25, -0.2) is 9.97 Å². The Balaban J connectivity index is 1.51. The Morgan fingerprint density at radius 3 is 2.81 bits per heavy atom. The molecule has 3 N–H and O–H groups in total. The van der Waals surface area contributed by atoms with Crippen LogP contribution >= 0.6 is 0 Å². The van der Waals surface area contributed by atoms with Gasteiger partial charge in [-0.3, -0.25) is 0 Å². The third kappa shape index (κ3) is 4.16. The van der Waals surface area contributed by atoms with Crippen molar-refractivity contribution in [2.75, 3.05) is 30.3 Å². The van der Waals surface area contributed by atoms with Crippen molar-refractivity contribution >= 4 is 11.6 Å². The number of anilines is 2. The maximum atomic E-state index is 4.28. The van der Waals surface area contributed by atoms with E-state index in [2.05, 4.69) is 50.2 Å². The summed E-state index contributed by atoms with van der Waals surface area (Å²) in [6, 6.07) is 12.9. The van der Waals surface area contributed by atoms with E-state index in [0.717, 1.165) is 44.1 Å². The van der Waals surface area contributed by atoms with Gasteiger partial charge in [0, 0.05) is 25.2 Å². The Hall–Kier alpha value is -2.14. The van der Waals surface area contributed by atoms with Crippen LogP contribution in [0.5, 0.6) is 0 Å². The highest BCUT2D eigenvalue weighted by molar-refractivity contribution is 5.47. The van der Waals surface area contributed by atoms with Gasteiger partial charge in [-0.2, -0.15) is 0 Å². The second-order valence-electron chi connectivity index (χ2n) is 5.28. The normalized spacial score (nSPS) is 17.6. The van der Waals surface area contributed by atoms with Gasteiger partial charge in [0.25, 0.3) is 0 Å². The zero-order valence-corrected chi connectivity index (χ0v) is 12.0. The van der Waals surface area contributed by atoms with Crippen LogP contribution in [0, 0.1) is 0 Å². The Kier molecular flexibility index (Phi) is 4.63. The zero-order valence-electron chi connectivity index (χ0n) is 12.0. The van der Waals surface area contributed by atoms with Crippen LogP contribution in [0.25, 0.3) is 0 Å². The number of nitrogens with one attached hydrogen (secondary N) is 3. The summed E-state index contributed by atoms with van der Waals surface area (Å²) in [7, 11) is 0. The zero-order chi connectivity index (χ0) is 14.3. The van der Waals surface area contributed by atoms with Crippen molar-refractivity contribution in [3.8, 4) is 0 Å². The molecule has 5 heteroatoms. The molecule has 110 valence electrons. The van der Waals surface area contributed by atoms with Gasteiger partial charge in [0.15, 0.2) is 0 Å². The standard InChI is InChI=1S/C16H21N5/c1-2-4-13(5-3-1)6-9-18-15-10-16(20-12-19-15)21-14-7-8-17-11-14/h1-5,10,12,14,17H,6-9,11H2,(H2,18,19,20,21)/t14-/m0/s1. The van der Waals surface area contributed by atoms with E-state index < -0.39 is 0 Å². The minimum Gasteiger partial charge on any atom is -0.370 e. The highest BCUT2D eigenvalue weighted by atomic mass is 15.1. The Morgan fingerprint density at radius 1 is 1.14 bits per heavy atom. The molecule has 1 fully saturated rings. The minimum absolute atomic E-state index is 0.470. The van der Waals surface area contributed by atoms with Gasteiger partial charge in [-0.15, -0.1) is 0 Å². The Morgan fingerprint density at radius 2 is 2.00 bits per heavy atom. The summed E-state index contributed by atoms with van der Waals surface area (Å²) in [4.78, 5) is 8.55. The number of aromatic nitrogens is 2. The van der Waals surface area contributed by atoms with E-state index in [1.165, 1.54) is 5.56 Å². The molecule has 0 saturated carbocycles. The van der Waals surface area contributed by atoms with Crippen LogP contribution in [-0.2, 0) is 6.42 Å². The van der Waals surface area contributed by atoms with Gasteiger partial charge in [0.1, 0.15) is 18.0 Å². The molecule has 0 aliphatic carbocycles. The van der Waals surface area contributed by atoms with E-state index in [4.69, 9.17) is 0 Å². The van der Waals surface area contributed by atoms with Crippen molar-refractivity contribution in [1.82, 2.24) is 15.3 Å². The number of nitrogens with zero attached hydrogens (tertiary/aromatic N) is 2. The van der Waals surface area contributed by atoms with Crippen LogP contribution in [0.2, 0.25) is 0 Å². The van der Waals surface area contributed by atoms with E-state index >= 15 is 0 Å². The quantitative estimate of drug-likeness (QED) is 0.756. The first-order valence-electron chi connectivity index (χ1n) is 7.47. The molecule has 5 nitrogen and oxygen atoms in total. The molecule has 0 radical (unpaired) electrons. The summed E-state index contributed by atoms with van der Waals surface area (Å²) in [5.41, 5.74) is 1.33. The molecule has 3 rings (SSSR count). The van der Waals surface area contributed by atoms with Gasteiger partial charge in [0.05, 0.1) is 0 Å². The Labute approximate surface area is 125 Å². The van der Waals surface area contributed by atoms with Crippen molar-refractivity contribution in [2.24, 2.45) is 0 Å². The topological polar surface area (TPSA) is 61.9 Å². The monoisotopic (exact) mass is 283 g/mol. The average molecular weight is 283 g/mol. The smallest absolute Gasteiger partial charge is 0.131 e. The van der Waals surface area contributed by atoms with E-state index in [1.807, 2.05) is 12.1 Å². The average Bonchev–Trinajstić information content (AvgIpc) is 3.02. The molecule has 1 aromatic carbocycles. The van der Waals surface area contributed by atoms with Crippen LogP contribution in [0.4, 0.5) is 11.6 Å². The van der Waals surface area contributed by atoms with Crippen molar-refractivity contribution in [1.29, 1.82) is 0 Å². The first kappa shape index (κ1) is 13.8. The molecule has 1 atom stereocenters. The second-order valence-corrected chi connectivity index (χ2v) is 5.28. The molecule has 21 heavy (non-hydrogen) atoms. The maximum absolute atomic E-state index is 4.28. The molecule has 0 spiro atoms. The lowest BCUT2D eigenvalue weighted by atomic mass is 10.1. The van der Waals surface area contributed by atoms with Gasteiger partial charge >= 0.3 is 0 Å². The summed E-state index contributed by atoms with van der Waals surface area (Å²) in [5, 5.41) is 10.1. The fraction of sp³-hybridized carbons (Fsp3) is 0.375. The lowest BCUT2D eigenvalue weighted by Gasteiger charge is -2.12. The second kappa shape index (κ2) is 7.04. The summed E-state index contributed by atoms with van der Waals surface area (Å²) >= 11 is 0. The SMILES string of the molecule is c1ccc(CCNc2cc(N[C@H]3CCNC3)ncn2)cc1. The molecule has 1 saturated heterocycles. The fourth-order valence-corrected chi connectivity index (χ4v) is 2.50. The van der Waals surface area contributed by atoms with Crippen molar-refractivity contribution in [2.45, 2.75) is 18.9 Å².